The molecule has 0 bridgehead atoms. The number of aliphatic imine (C=N–C) groups is 1. The lowest BCUT2D eigenvalue weighted by Crippen LogP contribution is -2.42. The molecule has 1 aliphatic rings. The fraction of sp³-hybridized carbons (Fsp3) is 0.195. The quantitative estimate of drug-likeness (QED) is 0.0756. The molecule has 1 heterocycles. The summed E-state index contributed by atoms with van der Waals surface area (Å²) in [6.07, 6.45) is 1.53. The van der Waals surface area contributed by atoms with Gasteiger partial charge in [-0.05, 0) is 104 Å². The molecule has 0 spiro atoms. The van der Waals surface area contributed by atoms with Crippen LogP contribution in [0.1, 0.15) is 34.8 Å². The number of anilines is 3. The van der Waals surface area contributed by atoms with E-state index in [0.717, 1.165) is 30.8 Å². The van der Waals surface area contributed by atoms with Crippen LogP contribution in [0.4, 0.5) is 17.1 Å². The van der Waals surface area contributed by atoms with Crippen molar-refractivity contribution in [1.82, 2.24) is 14.8 Å². The summed E-state index contributed by atoms with van der Waals surface area (Å²) in [5, 5.41) is 18.7. The van der Waals surface area contributed by atoms with E-state index in [1.54, 1.807) is 91.0 Å². The predicted molar refractivity (Wildman–Crippen MR) is 222 cm³/mol. The van der Waals surface area contributed by atoms with E-state index in [4.69, 9.17) is 5.73 Å². The van der Waals surface area contributed by atoms with Crippen LogP contribution in [0.2, 0.25) is 0 Å². The lowest BCUT2D eigenvalue weighted by atomic mass is 10.1. The number of hydrogen-bond donors (Lipinski definition) is 7. The number of hydrogen-bond acceptors (Lipinski definition) is 10. The summed E-state index contributed by atoms with van der Waals surface area (Å²) in [6, 6.07) is 35.4. The highest BCUT2D eigenvalue weighted by atomic mass is 32.2. The monoisotopic (exact) mass is 811 g/mol. The Labute approximate surface area is 332 Å². The first kappa shape index (κ1) is 42.1. The molecule has 0 radical (unpaired) electrons. The maximum Gasteiger partial charge on any atom is 0.322 e. The van der Waals surface area contributed by atoms with Crippen LogP contribution in [0.25, 0.3) is 0 Å². The number of nitrogens with two attached hydrogens (primary N) is 1. The third-order valence-electron chi connectivity index (χ3n) is 8.52. The highest BCUT2D eigenvalue weighted by Crippen LogP contribution is 2.17. The summed E-state index contributed by atoms with van der Waals surface area (Å²) in [7, 11) is -7.46. The van der Waals surface area contributed by atoms with E-state index in [9.17, 15) is 31.5 Å². The Bertz CT molecular complexity index is 2360. The van der Waals surface area contributed by atoms with Crippen LogP contribution in [0.5, 0.6) is 0 Å². The lowest BCUT2D eigenvalue weighted by Gasteiger charge is -2.16. The molecular formula is C41H45N7O7S2. The molecule has 1 aliphatic heterocycles. The molecule has 57 heavy (non-hydrogen) atoms. The minimum absolute atomic E-state index is 0.0124. The summed E-state index contributed by atoms with van der Waals surface area (Å²) in [4.78, 5) is 29.1. The largest absolute Gasteiger partial charge is 0.480 e. The number of carboxylic acids is 1. The molecule has 2 unspecified atom stereocenters. The number of carbonyl (C=O) groups excluding carboxylic acids is 1. The number of nitrogens with one attached hydrogen (secondary N) is 5. The third kappa shape index (κ3) is 13.0. The number of nitrogen functional groups attached to an aromatic ring is 1. The fourth-order valence-corrected chi connectivity index (χ4v) is 8.15. The van der Waals surface area contributed by atoms with E-state index in [-0.39, 0.29) is 28.2 Å². The Kier molecular flexibility index (Phi) is 14.5. The van der Waals surface area contributed by atoms with E-state index in [1.165, 1.54) is 12.1 Å². The van der Waals surface area contributed by atoms with E-state index < -0.39 is 32.1 Å². The second-order valence-electron chi connectivity index (χ2n) is 13.2. The van der Waals surface area contributed by atoms with Crippen molar-refractivity contribution in [3.8, 4) is 0 Å². The smallest absolute Gasteiger partial charge is 0.322 e. The molecule has 8 N–H and O–H groups in total. The SMILES string of the molecule is CC(Cc1ccc(N)cc1)NS(=O)(=O)c1ccccc1.O=C(Nc1ccc(CC(NS(=O)(=O)c2ccccc2)C(=O)O)cc1)c1cccc(NC2=NCCCN2)c1. The van der Waals surface area contributed by atoms with Crippen molar-refractivity contribution in [2.45, 2.75) is 48.1 Å². The molecule has 14 nitrogen and oxygen atoms in total. The molecule has 5 aromatic carbocycles. The molecule has 1 amide bonds. The Morgan fingerprint density at radius 3 is 1.89 bits per heavy atom. The number of rotatable bonds is 14. The summed E-state index contributed by atoms with van der Waals surface area (Å²) < 4.78 is 54.3. The van der Waals surface area contributed by atoms with Gasteiger partial charge in [0, 0.05) is 41.8 Å². The number of carbonyl (C=O) groups is 2. The molecule has 5 aromatic rings. The van der Waals surface area contributed by atoms with Crippen molar-refractivity contribution in [1.29, 1.82) is 0 Å². The lowest BCUT2D eigenvalue weighted by molar-refractivity contribution is -0.138. The maximum absolute atomic E-state index is 12.8. The average molecular weight is 812 g/mol. The number of guanidine groups is 1. The standard InChI is InChI=1S/C26H27N5O5S.C15H18N2O2S/c32-24(19-6-4-7-21(17-19)30-26-27-14-5-15-28-26)29-20-12-10-18(11-13-20)16-23(25(33)34)31-37(35,36)22-8-2-1-3-9-22;1-12(11-13-7-9-14(16)10-8-13)17-20(18,19)15-5-3-2-4-6-15/h1-4,6-13,17,23,31H,5,14-16H2,(H,29,32)(H,33,34)(H2,27,28,30);2-10,12,17H,11,16H2,1H3. The minimum atomic E-state index is -4.00. The molecule has 6 rings (SSSR count). The first-order valence-electron chi connectivity index (χ1n) is 18.0. The molecule has 298 valence electrons. The maximum atomic E-state index is 12.8. The van der Waals surface area contributed by atoms with E-state index in [2.05, 4.69) is 30.4 Å². The molecule has 16 heteroatoms. The minimum Gasteiger partial charge on any atom is -0.480 e. The van der Waals surface area contributed by atoms with Gasteiger partial charge in [-0.3, -0.25) is 14.6 Å². The number of sulfonamides is 2. The van der Waals surface area contributed by atoms with Gasteiger partial charge in [0.1, 0.15) is 6.04 Å². The number of carboxylic acid groups (broad SMARTS) is 1. The second-order valence-corrected chi connectivity index (χ2v) is 16.6. The first-order chi connectivity index (χ1) is 27.3. The topological polar surface area (TPSA) is 221 Å². The average Bonchev–Trinajstić information content (AvgIpc) is 3.20. The van der Waals surface area contributed by atoms with Crippen molar-refractivity contribution in [3.63, 3.8) is 0 Å². The molecule has 0 aliphatic carbocycles. The zero-order valence-electron chi connectivity index (χ0n) is 31.1. The predicted octanol–water partition coefficient (Wildman–Crippen LogP) is 4.85. The van der Waals surface area contributed by atoms with Crippen molar-refractivity contribution >= 4 is 54.9 Å². The van der Waals surface area contributed by atoms with Gasteiger partial charge in [0.25, 0.3) is 5.91 Å². The Morgan fingerprint density at radius 2 is 1.32 bits per heavy atom. The molecule has 0 fully saturated rings. The summed E-state index contributed by atoms with van der Waals surface area (Å²) in [6.45, 7) is 3.43. The zero-order chi connectivity index (χ0) is 40.8. The van der Waals surface area contributed by atoms with E-state index >= 15 is 0 Å². The van der Waals surface area contributed by atoms with Crippen molar-refractivity contribution in [2.24, 2.45) is 4.99 Å². The van der Waals surface area contributed by atoms with Crippen LogP contribution >= 0.6 is 0 Å². The molecule has 0 saturated carbocycles. The van der Waals surface area contributed by atoms with Crippen molar-refractivity contribution < 1.29 is 31.5 Å². The third-order valence-corrected chi connectivity index (χ3v) is 11.6. The van der Waals surface area contributed by atoms with E-state index in [1.807, 2.05) is 37.3 Å². The number of aliphatic carboxylic acids is 1. The van der Waals surface area contributed by atoms with Crippen molar-refractivity contribution in [3.05, 3.63) is 150 Å². The van der Waals surface area contributed by atoms with Gasteiger partial charge in [-0.1, -0.05) is 66.7 Å². The van der Waals surface area contributed by atoms with Crippen molar-refractivity contribution in [2.75, 3.05) is 29.5 Å². The number of nitrogens with zero attached hydrogens (tertiary/aromatic N) is 1. The van der Waals surface area contributed by atoms with Crippen LogP contribution in [0, 0.1) is 0 Å². The van der Waals surface area contributed by atoms with Gasteiger partial charge >= 0.3 is 5.97 Å². The van der Waals surface area contributed by atoms with E-state index in [0.29, 0.717) is 34.9 Å². The van der Waals surface area contributed by atoms with Crippen LogP contribution in [-0.4, -0.2) is 65.0 Å². The molecular weight excluding hydrogens is 767 g/mol. The van der Waals surface area contributed by atoms with Gasteiger partial charge in [-0.25, -0.2) is 21.6 Å². The Morgan fingerprint density at radius 1 is 0.737 bits per heavy atom. The van der Waals surface area contributed by atoms with Gasteiger partial charge in [-0.2, -0.15) is 4.72 Å². The first-order valence-corrected chi connectivity index (χ1v) is 21.0. The van der Waals surface area contributed by atoms with Gasteiger partial charge < -0.3 is 26.8 Å². The normalized spacial score (nSPS) is 13.7. The Hall–Kier alpha value is -6.07. The van der Waals surface area contributed by atoms with Gasteiger partial charge in [0.15, 0.2) is 5.96 Å². The molecule has 0 aromatic heterocycles. The summed E-state index contributed by atoms with van der Waals surface area (Å²) in [5.41, 5.74) is 9.66. The zero-order valence-corrected chi connectivity index (χ0v) is 32.8. The highest BCUT2D eigenvalue weighted by Gasteiger charge is 2.25. The van der Waals surface area contributed by atoms with Crippen LogP contribution in [0.15, 0.2) is 148 Å². The second kappa shape index (κ2) is 19.7. The summed E-state index contributed by atoms with van der Waals surface area (Å²) in [5.74, 6) is -0.932. The van der Waals surface area contributed by atoms with Gasteiger partial charge in [0.05, 0.1) is 9.79 Å². The highest BCUT2D eigenvalue weighted by molar-refractivity contribution is 7.89. The molecule has 2 atom stereocenters. The van der Waals surface area contributed by atoms with Crippen LogP contribution in [-0.2, 0) is 37.7 Å². The van der Waals surface area contributed by atoms with Crippen LogP contribution in [0.3, 0.4) is 0 Å². The molecule has 0 saturated heterocycles. The van der Waals surface area contributed by atoms with Gasteiger partial charge in [0.2, 0.25) is 20.0 Å². The number of amides is 1. The van der Waals surface area contributed by atoms with Crippen LogP contribution < -0.4 is 31.1 Å². The number of benzene rings is 5. The Balaban J connectivity index is 0.000000261. The van der Waals surface area contributed by atoms with Gasteiger partial charge in [-0.15, -0.1) is 0 Å². The summed E-state index contributed by atoms with van der Waals surface area (Å²) >= 11 is 0. The fourth-order valence-electron chi connectivity index (χ4n) is 5.67.